The molecule has 0 saturated carbocycles. The summed E-state index contributed by atoms with van der Waals surface area (Å²) in [6.45, 7) is 4.29. The number of aliphatic hydroxyl groups excluding tert-OH is 1. The van der Waals surface area contributed by atoms with Crippen molar-refractivity contribution >= 4 is 0 Å². The van der Waals surface area contributed by atoms with Crippen molar-refractivity contribution in [2.75, 3.05) is 19.7 Å². The third-order valence-corrected chi connectivity index (χ3v) is 3.53. The third kappa shape index (κ3) is 1.80. The van der Waals surface area contributed by atoms with E-state index in [1.54, 1.807) is 0 Å². The third-order valence-electron chi connectivity index (χ3n) is 3.53. The lowest BCUT2D eigenvalue weighted by Crippen LogP contribution is -2.62. The number of ether oxygens (including phenoxy) is 1. The van der Waals surface area contributed by atoms with Gasteiger partial charge in [0.1, 0.15) is 0 Å². The molecule has 1 spiro atoms. The first-order valence-corrected chi connectivity index (χ1v) is 5.36. The summed E-state index contributed by atoms with van der Waals surface area (Å²) in [5.74, 6) is 0. The van der Waals surface area contributed by atoms with Gasteiger partial charge in [0.05, 0.1) is 18.3 Å². The second-order valence-corrected chi connectivity index (χ2v) is 4.94. The molecule has 0 aliphatic carbocycles. The Morgan fingerprint density at radius 3 is 2.64 bits per heavy atom. The van der Waals surface area contributed by atoms with E-state index in [9.17, 15) is 5.11 Å². The lowest BCUT2D eigenvalue weighted by atomic mass is 9.75. The summed E-state index contributed by atoms with van der Waals surface area (Å²) in [6.07, 6.45) is 2.25. The van der Waals surface area contributed by atoms with Crippen LogP contribution in [0.25, 0.3) is 0 Å². The van der Waals surface area contributed by atoms with E-state index in [0.717, 1.165) is 32.4 Å². The van der Waals surface area contributed by atoms with E-state index >= 15 is 0 Å². The van der Waals surface area contributed by atoms with Gasteiger partial charge in [0.15, 0.2) is 0 Å². The van der Waals surface area contributed by atoms with Crippen molar-refractivity contribution < 1.29 is 9.84 Å². The molecule has 2 atom stereocenters. The highest BCUT2D eigenvalue weighted by atomic mass is 16.5. The summed E-state index contributed by atoms with van der Waals surface area (Å²) in [5.41, 5.74) is 5.51. The Kier molecular flexibility index (Phi) is 2.55. The lowest BCUT2D eigenvalue weighted by Gasteiger charge is -2.49. The number of hydrogen-bond acceptors (Lipinski definition) is 4. The van der Waals surface area contributed by atoms with Crippen LogP contribution in [0.5, 0.6) is 0 Å². The minimum Gasteiger partial charge on any atom is -0.389 e. The maximum Gasteiger partial charge on any atom is 0.0951 e. The molecule has 4 N–H and O–H groups in total. The molecule has 2 saturated heterocycles. The Morgan fingerprint density at radius 2 is 2.07 bits per heavy atom. The van der Waals surface area contributed by atoms with Crippen LogP contribution in [0.15, 0.2) is 0 Å². The second-order valence-electron chi connectivity index (χ2n) is 4.94. The molecule has 0 aromatic rings. The molecular formula is C10H20N2O2. The molecular weight excluding hydrogens is 180 g/mol. The van der Waals surface area contributed by atoms with Crippen LogP contribution in [0, 0.1) is 0 Å². The normalized spacial score (nSPS) is 42.6. The van der Waals surface area contributed by atoms with Gasteiger partial charge in [-0.05, 0) is 39.3 Å². The van der Waals surface area contributed by atoms with E-state index in [2.05, 4.69) is 5.32 Å². The van der Waals surface area contributed by atoms with Crippen LogP contribution < -0.4 is 11.1 Å². The first-order chi connectivity index (χ1) is 6.54. The zero-order valence-electron chi connectivity index (χ0n) is 8.75. The molecule has 0 amide bonds. The Bertz CT molecular complexity index is 212. The molecule has 2 rings (SSSR count). The zero-order valence-corrected chi connectivity index (χ0v) is 8.75. The number of piperidine rings is 1. The maximum atomic E-state index is 9.69. The van der Waals surface area contributed by atoms with Gasteiger partial charge in [-0.3, -0.25) is 0 Å². The van der Waals surface area contributed by atoms with E-state index in [4.69, 9.17) is 10.5 Å². The predicted octanol–water partition coefficient (Wildman–Crippen LogP) is -0.393. The fourth-order valence-electron chi connectivity index (χ4n) is 2.51. The minimum absolute atomic E-state index is 0.0754. The van der Waals surface area contributed by atoms with Gasteiger partial charge in [0, 0.05) is 5.54 Å². The van der Waals surface area contributed by atoms with Gasteiger partial charge >= 0.3 is 0 Å². The molecule has 4 heteroatoms. The average Bonchev–Trinajstić information content (AvgIpc) is 2.13. The van der Waals surface area contributed by atoms with Crippen molar-refractivity contribution in [1.82, 2.24) is 5.32 Å². The summed E-state index contributed by atoms with van der Waals surface area (Å²) >= 11 is 0. The molecule has 2 aliphatic rings. The van der Waals surface area contributed by atoms with Gasteiger partial charge in [0.2, 0.25) is 0 Å². The molecule has 2 heterocycles. The van der Waals surface area contributed by atoms with E-state index in [-0.39, 0.29) is 5.60 Å². The maximum absolute atomic E-state index is 9.69. The van der Waals surface area contributed by atoms with Gasteiger partial charge < -0.3 is 20.9 Å². The summed E-state index contributed by atoms with van der Waals surface area (Å²) in [7, 11) is 0. The number of nitrogens with one attached hydrogen (secondary N) is 1. The Morgan fingerprint density at radius 1 is 1.43 bits per heavy atom. The van der Waals surface area contributed by atoms with E-state index in [1.165, 1.54) is 0 Å². The highest BCUT2D eigenvalue weighted by molar-refractivity contribution is 5.02. The van der Waals surface area contributed by atoms with Crippen LogP contribution in [-0.4, -0.2) is 42.0 Å². The van der Waals surface area contributed by atoms with E-state index in [1.807, 2.05) is 6.92 Å². The Hall–Kier alpha value is -0.160. The van der Waals surface area contributed by atoms with Crippen molar-refractivity contribution in [2.24, 2.45) is 5.73 Å². The quantitative estimate of drug-likeness (QED) is 0.498. The topological polar surface area (TPSA) is 67.5 Å². The Balaban J connectivity index is 2.07. The van der Waals surface area contributed by atoms with Gasteiger partial charge in [-0.25, -0.2) is 0 Å². The fraction of sp³-hybridized carbons (Fsp3) is 1.00. The molecule has 0 aromatic heterocycles. The second kappa shape index (κ2) is 3.45. The van der Waals surface area contributed by atoms with Crippen molar-refractivity contribution in [3.63, 3.8) is 0 Å². The molecule has 2 fully saturated rings. The van der Waals surface area contributed by atoms with Crippen molar-refractivity contribution in [1.29, 1.82) is 0 Å². The smallest absolute Gasteiger partial charge is 0.0951 e. The number of nitrogens with two attached hydrogens (primary N) is 1. The molecule has 0 radical (unpaired) electrons. The van der Waals surface area contributed by atoms with Crippen molar-refractivity contribution in [2.45, 2.75) is 43.4 Å². The summed E-state index contributed by atoms with van der Waals surface area (Å²) in [4.78, 5) is 0. The molecule has 4 nitrogen and oxygen atoms in total. The standard InChI is InChI=1S/C10H20N2O2/c1-9(11)7-10(14-6-8(9)13)2-4-12-5-3-10/h8,12-13H,2-7,11H2,1H3/t8-,9-/m0/s1. The molecule has 0 bridgehead atoms. The predicted molar refractivity (Wildman–Crippen MR) is 54.0 cm³/mol. The van der Waals surface area contributed by atoms with Crippen molar-refractivity contribution in [3.8, 4) is 0 Å². The van der Waals surface area contributed by atoms with Crippen LogP contribution >= 0.6 is 0 Å². The first-order valence-electron chi connectivity index (χ1n) is 5.36. The van der Waals surface area contributed by atoms with Crippen LogP contribution in [0.2, 0.25) is 0 Å². The summed E-state index contributed by atoms with van der Waals surface area (Å²) in [5, 5.41) is 13.0. The summed E-state index contributed by atoms with van der Waals surface area (Å²) in [6, 6.07) is 0. The van der Waals surface area contributed by atoms with Crippen LogP contribution in [0.1, 0.15) is 26.2 Å². The SMILES string of the molecule is C[C@]1(N)CC2(CCNCC2)OC[C@@H]1O. The average molecular weight is 200 g/mol. The number of hydrogen-bond donors (Lipinski definition) is 3. The summed E-state index contributed by atoms with van der Waals surface area (Å²) < 4.78 is 5.78. The molecule has 0 aromatic carbocycles. The van der Waals surface area contributed by atoms with Crippen LogP contribution in [-0.2, 0) is 4.74 Å². The van der Waals surface area contributed by atoms with Crippen LogP contribution in [0.3, 0.4) is 0 Å². The lowest BCUT2D eigenvalue weighted by molar-refractivity contribution is -0.164. The minimum atomic E-state index is -0.525. The highest BCUT2D eigenvalue weighted by Gasteiger charge is 2.46. The Labute approximate surface area is 84.8 Å². The van der Waals surface area contributed by atoms with Crippen molar-refractivity contribution in [3.05, 3.63) is 0 Å². The number of aliphatic hydroxyl groups is 1. The number of rotatable bonds is 0. The molecule has 2 aliphatic heterocycles. The first kappa shape index (κ1) is 10.4. The highest BCUT2D eigenvalue weighted by Crippen LogP contribution is 2.36. The van der Waals surface area contributed by atoms with Crippen LogP contribution in [0.4, 0.5) is 0 Å². The molecule has 14 heavy (non-hydrogen) atoms. The van der Waals surface area contributed by atoms with Gasteiger partial charge in [-0.1, -0.05) is 0 Å². The van der Waals surface area contributed by atoms with Gasteiger partial charge in [-0.2, -0.15) is 0 Å². The monoisotopic (exact) mass is 200 g/mol. The zero-order chi connectivity index (χ0) is 10.2. The van der Waals surface area contributed by atoms with Gasteiger partial charge in [0.25, 0.3) is 0 Å². The van der Waals surface area contributed by atoms with Gasteiger partial charge in [-0.15, -0.1) is 0 Å². The largest absolute Gasteiger partial charge is 0.389 e. The van der Waals surface area contributed by atoms with E-state index < -0.39 is 11.6 Å². The van der Waals surface area contributed by atoms with E-state index in [0.29, 0.717) is 6.61 Å². The fourth-order valence-corrected chi connectivity index (χ4v) is 2.51. The molecule has 82 valence electrons. The molecule has 0 unspecified atom stereocenters.